The smallest absolute Gasteiger partial charge is 0.241 e. The van der Waals surface area contributed by atoms with E-state index in [1.54, 1.807) is 30.3 Å². The van der Waals surface area contributed by atoms with Crippen LogP contribution in [-0.2, 0) is 4.79 Å². The third kappa shape index (κ3) is 5.19. The molecule has 0 radical (unpaired) electrons. The molecule has 0 bridgehead atoms. The monoisotopic (exact) mass is 346 g/mol. The van der Waals surface area contributed by atoms with Gasteiger partial charge in [0.15, 0.2) is 23.1 Å². The van der Waals surface area contributed by atoms with Crippen molar-refractivity contribution in [1.82, 2.24) is 0 Å². The van der Waals surface area contributed by atoms with Crippen molar-refractivity contribution in [2.75, 3.05) is 12.4 Å². The third-order valence-electron chi connectivity index (χ3n) is 3.55. The largest absolute Gasteiger partial charge is 0.493 e. The average molecular weight is 346 g/mol. The molecule has 1 amide bonds. The molecule has 0 heterocycles. The van der Waals surface area contributed by atoms with Gasteiger partial charge in [-0.2, -0.15) is 0 Å². The SMILES string of the molecule is COc1ccccc1Oc1ccc(NC(=O)[C@@H](N)CC(C)C)cc1F. The first-order valence-electron chi connectivity index (χ1n) is 8.07. The summed E-state index contributed by atoms with van der Waals surface area (Å²) in [5.41, 5.74) is 6.15. The van der Waals surface area contributed by atoms with Crippen LogP contribution < -0.4 is 20.5 Å². The highest BCUT2D eigenvalue weighted by Crippen LogP contribution is 2.33. The number of rotatable bonds is 7. The number of carbonyl (C=O) groups is 1. The lowest BCUT2D eigenvalue weighted by Gasteiger charge is -2.15. The highest BCUT2D eigenvalue weighted by atomic mass is 19.1. The standard InChI is InChI=1S/C19H23FN2O3/c1-12(2)10-15(21)19(23)22-13-8-9-16(14(20)11-13)25-18-7-5-4-6-17(18)24-3/h4-9,11-12,15H,10,21H2,1-3H3,(H,22,23)/t15-/m0/s1. The number of amides is 1. The Morgan fingerprint density at radius 3 is 2.44 bits per heavy atom. The van der Waals surface area contributed by atoms with Gasteiger partial charge in [-0.1, -0.05) is 26.0 Å². The Kier molecular flexibility index (Phi) is 6.36. The molecule has 0 fully saturated rings. The summed E-state index contributed by atoms with van der Waals surface area (Å²) in [7, 11) is 1.51. The molecule has 0 saturated carbocycles. The van der Waals surface area contributed by atoms with Gasteiger partial charge in [0.05, 0.1) is 13.2 Å². The maximum Gasteiger partial charge on any atom is 0.241 e. The van der Waals surface area contributed by atoms with Crippen LogP contribution in [0.1, 0.15) is 20.3 Å². The van der Waals surface area contributed by atoms with Crippen molar-refractivity contribution < 1.29 is 18.7 Å². The predicted molar refractivity (Wildman–Crippen MR) is 95.5 cm³/mol. The van der Waals surface area contributed by atoms with E-state index >= 15 is 0 Å². The molecule has 0 spiro atoms. The topological polar surface area (TPSA) is 73.6 Å². The number of benzene rings is 2. The number of para-hydroxylation sites is 2. The van der Waals surface area contributed by atoms with E-state index in [1.807, 2.05) is 13.8 Å². The third-order valence-corrected chi connectivity index (χ3v) is 3.55. The summed E-state index contributed by atoms with van der Waals surface area (Å²) in [6.45, 7) is 3.97. The molecule has 0 unspecified atom stereocenters. The maximum absolute atomic E-state index is 14.3. The number of anilines is 1. The molecule has 0 aromatic heterocycles. The minimum absolute atomic E-state index is 0.0361. The van der Waals surface area contributed by atoms with Crippen molar-refractivity contribution >= 4 is 11.6 Å². The minimum Gasteiger partial charge on any atom is -0.493 e. The van der Waals surface area contributed by atoms with Gasteiger partial charge >= 0.3 is 0 Å². The number of ether oxygens (including phenoxy) is 2. The zero-order chi connectivity index (χ0) is 18.4. The number of hydrogen-bond donors (Lipinski definition) is 2. The number of carbonyl (C=O) groups excluding carboxylic acids is 1. The molecule has 2 aromatic carbocycles. The van der Waals surface area contributed by atoms with Crippen LogP contribution in [-0.4, -0.2) is 19.1 Å². The van der Waals surface area contributed by atoms with E-state index in [0.717, 1.165) is 0 Å². The van der Waals surface area contributed by atoms with E-state index < -0.39 is 11.9 Å². The van der Waals surface area contributed by atoms with Crippen LogP contribution in [0.3, 0.4) is 0 Å². The van der Waals surface area contributed by atoms with Crippen LogP contribution >= 0.6 is 0 Å². The van der Waals surface area contributed by atoms with Gasteiger partial charge in [0.25, 0.3) is 0 Å². The molecule has 5 nitrogen and oxygen atoms in total. The van der Waals surface area contributed by atoms with Gasteiger partial charge in [0.1, 0.15) is 0 Å². The molecule has 25 heavy (non-hydrogen) atoms. The van der Waals surface area contributed by atoms with Crippen LogP contribution in [0.15, 0.2) is 42.5 Å². The van der Waals surface area contributed by atoms with Gasteiger partial charge in [-0.25, -0.2) is 4.39 Å². The van der Waals surface area contributed by atoms with Gasteiger partial charge in [-0.05, 0) is 36.6 Å². The summed E-state index contributed by atoms with van der Waals surface area (Å²) < 4.78 is 25.0. The highest BCUT2D eigenvalue weighted by Gasteiger charge is 2.16. The van der Waals surface area contributed by atoms with Crippen LogP contribution in [0.25, 0.3) is 0 Å². The fraction of sp³-hybridized carbons (Fsp3) is 0.316. The Balaban J connectivity index is 2.09. The normalized spacial score (nSPS) is 11.9. The quantitative estimate of drug-likeness (QED) is 0.796. The average Bonchev–Trinajstić information content (AvgIpc) is 2.57. The number of hydrogen-bond acceptors (Lipinski definition) is 4. The lowest BCUT2D eigenvalue weighted by molar-refractivity contribution is -0.117. The zero-order valence-corrected chi connectivity index (χ0v) is 14.6. The molecule has 6 heteroatoms. The first-order chi connectivity index (χ1) is 11.9. The van der Waals surface area contributed by atoms with Gasteiger partial charge in [0, 0.05) is 11.8 Å². The van der Waals surface area contributed by atoms with Gasteiger partial charge in [0.2, 0.25) is 5.91 Å². The lowest BCUT2D eigenvalue weighted by atomic mass is 10.0. The predicted octanol–water partition coefficient (Wildman–Crippen LogP) is 3.94. The Hall–Kier alpha value is -2.60. The van der Waals surface area contributed by atoms with E-state index in [1.165, 1.54) is 19.2 Å². The summed E-state index contributed by atoms with van der Waals surface area (Å²) in [5.74, 6) is 0.300. The number of methoxy groups -OCH3 is 1. The van der Waals surface area contributed by atoms with E-state index in [0.29, 0.717) is 29.5 Å². The summed E-state index contributed by atoms with van der Waals surface area (Å²) in [6.07, 6.45) is 0.559. The second-order valence-corrected chi connectivity index (χ2v) is 6.12. The molecule has 0 aliphatic carbocycles. The van der Waals surface area contributed by atoms with Crippen molar-refractivity contribution in [3.05, 3.63) is 48.3 Å². The second kappa shape index (κ2) is 8.48. The summed E-state index contributed by atoms with van der Waals surface area (Å²) in [6, 6.07) is 10.5. The van der Waals surface area contributed by atoms with Gasteiger partial charge in [-0.3, -0.25) is 4.79 Å². The lowest BCUT2D eigenvalue weighted by Crippen LogP contribution is -2.36. The van der Waals surface area contributed by atoms with Crippen LogP contribution in [0.5, 0.6) is 17.2 Å². The van der Waals surface area contributed by atoms with Gasteiger partial charge < -0.3 is 20.5 Å². The Morgan fingerprint density at radius 2 is 1.84 bits per heavy atom. The van der Waals surface area contributed by atoms with Crippen LogP contribution in [0, 0.1) is 11.7 Å². The molecule has 1 atom stereocenters. The Bertz CT molecular complexity index is 734. The molecule has 3 N–H and O–H groups in total. The summed E-state index contributed by atoms with van der Waals surface area (Å²) >= 11 is 0. The molecular formula is C19H23FN2O3. The number of nitrogens with two attached hydrogens (primary N) is 1. The fourth-order valence-electron chi connectivity index (χ4n) is 2.33. The first kappa shape index (κ1) is 18.7. The molecule has 0 saturated heterocycles. The van der Waals surface area contributed by atoms with Crippen LogP contribution in [0.2, 0.25) is 0 Å². The molecule has 2 rings (SSSR count). The van der Waals surface area contributed by atoms with E-state index in [-0.39, 0.29) is 11.7 Å². The Morgan fingerprint density at radius 1 is 1.16 bits per heavy atom. The van der Waals surface area contributed by atoms with Gasteiger partial charge in [-0.15, -0.1) is 0 Å². The Labute approximate surface area is 146 Å². The number of nitrogens with one attached hydrogen (secondary N) is 1. The van der Waals surface area contributed by atoms with E-state index in [4.69, 9.17) is 15.2 Å². The van der Waals surface area contributed by atoms with E-state index in [9.17, 15) is 9.18 Å². The summed E-state index contributed by atoms with van der Waals surface area (Å²) in [5, 5.41) is 2.62. The summed E-state index contributed by atoms with van der Waals surface area (Å²) in [4.78, 5) is 12.0. The number of halogens is 1. The molecular weight excluding hydrogens is 323 g/mol. The van der Waals surface area contributed by atoms with Crippen molar-refractivity contribution in [3.63, 3.8) is 0 Å². The first-order valence-corrected chi connectivity index (χ1v) is 8.07. The van der Waals surface area contributed by atoms with Crippen molar-refractivity contribution in [2.24, 2.45) is 11.7 Å². The maximum atomic E-state index is 14.3. The molecule has 2 aromatic rings. The van der Waals surface area contributed by atoms with Crippen molar-refractivity contribution in [2.45, 2.75) is 26.3 Å². The van der Waals surface area contributed by atoms with Crippen LogP contribution in [0.4, 0.5) is 10.1 Å². The fourth-order valence-corrected chi connectivity index (χ4v) is 2.33. The highest BCUT2D eigenvalue weighted by molar-refractivity contribution is 5.94. The van der Waals surface area contributed by atoms with Crippen molar-refractivity contribution in [1.29, 1.82) is 0 Å². The molecule has 134 valence electrons. The van der Waals surface area contributed by atoms with E-state index in [2.05, 4.69) is 5.32 Å². The van der Waals surface area contributed by atoms with Crippen molar-refractivity contribution in [3.8, 4) is 17.2 Å². The molecule has 0 aliphatic rings. The molecule has 0 aliphatic heterocycles. The second-order valence-electron chi connectivity index (χ2n) is 6.12. The zero-order valence-electron chi connectivity index (χ0n) is 14.6. The minimum atomic E-state index is -0.632.